The van der Waals surface area contributed by atoms with Gasteiger partial charge >= 0.3 is 0 Å². The molecule has 0 bridgehead atoms. The minimum absolute atomic E-state index is 0. The Labute approximate surface area is 134 Å². The second-order valence-corrected chi connectivity index (χ2v) is 5.34. The van der Waals surface area contributed by atoms with E-state index in [0.29, 0.717) is 36.9 Å². The Morgan fingerprint density at radius 2 is 2.29 bits per heavy atom. The van der Waals surface area contributed by atoms with Crippen LogP contribution in [-0.4, -0.2) is 47.9 Å². The fourth-order valence-electron chi connectivity index (χ4n) is 2.38. The van der Waals surface area contributed by atoms with Gasteiger partial charge in [-0.3, -0.25) is 9.59 Å². The standard InChI is InChI=1S/C13H19ClN4O2.ClH/c14-10-6-11(17-7-10)13(20)18-5-1-2-9(8-18)12(19)16-4-3-15;/h6-7,9,17H,1-5,8,15H2,(H,16,19);1H. The summed E-state index contributed by atoms with van der Waals surface area (Å²) >= 11 is 5.80. The van der Waals surface area contributed by atoms with Gasteiger partial charge < -0.3 is 20.9 Å². The summed E-state index contributed by atoms with van der Waals surface area (Å²) in [5.41, 5.74) is 5.82. The van der Waals surface area contributed by atoms with Gasteiger partial charge in [0.05, 0.1) is 10.9 Å². The number of carbonyl (C=O) groups is 2. The normalized spacial score (nSPS) is 18.0. The molecule has 8 heteroatoms. The lowest BCUT2D eigenvalue weighted by Crippen LogP contribution is -2.46. The van der Waals surface area contributed by atoms with Crippen molar-refractivity contribution < 1.29 is 9.59 Å². The van der Waals surface area contributed by atoms with Crippen molar-refractivity contribution in [1.82, 2.24) is 15.2 Å². The second-order valence-electron chi connectivity index (χ2n) is 4.90. The molecule has 1 aromatic heterocycles. The lowest BCUT2D eigenvalue weighted by Gasteiger charge is -2.31. The van der Waals surface area contributed by atoms with Crippen molar-refractivity contribution in [2.75, 3.05) is 26.2 Å². The van der Waals surface area contributed by atoms with Crippen LogP contribution in [0.25, 0.3) is 0 Å². The maximum Gasteiger partial charge on any atom is 0.270 e. The molecule has 0 radical (unpaired) electrons. The molecule has 0 aromatic carbocycles. The number of aromatic amines is 1. The molecule has 1 atom stereocenters. The summed E-state index contributed by atoms with van der Waals surface area (Å²) in [5, 5.41) is 3.28. The Kier molecular flexibility index (Phi) is 7.01. The van der Waals surface area contributed by atoms with Crippen LogP contribution in [0.4, 0.5) is 0 Å². The Morgan fingerprint density at radius 1 is 1.52 bits per heavy atom. The number of piperidine rings is 1. The minimum Gasteiger partial charge on any atom is -0.356 e. The van der Waals surface area contributed by atoms with Crippen molar-refractivity contribution in [3.8, 4) is 0 Å². The summed E-state index contributed by atoms with van der Waals surface area (Å²) in [6.07, 6.45) is 3.19. The van der Waals surface area contributed by atoms with E-state index in [1.807, 2.05) is 0 Å². The zero-order chi connectivity index (χ0) is 14.5. The number of aromatic nitrogens is 1. The average Bonchev–Trinajstić information content (AvgIpc) is 2.90. The predicted molar refractivity (Wildman–Crippen MR) is 83.7 cm³/mol. The van der Waals surface area contributed by atoms with Gasteiger partial charge in [-0.05, 0) is 18.9 Å². The number of hydrogen-bond acceptors (Lipinski definition) is 3. The topological polar surface area (TPSA) is 91.2 Å². The van der Waals surface area contributed by atoms with Gasteiger partial charge in [0.1, 0.15) is 5.69 Å². The fraction of sp³-hybridized carbons (Fsp3) is 0.538. The molecule has 0 saturated carbocycles. The van der Waals surface area contributed by atoms with Crippen molar-refractivity contribution in [2.24, 2.45) is 11.7 Å². The van der Waals surface area contributed by atoms with Gasteiger partial charge in [-0.15, -0.1) is 12.4 Å². The van der Waals surface area contributed by atoms with Crippen LogP contribution >= 0.6 is 24.0 Å². The van der Waals surface area contributed by atoms with Gasteiger partial charge in [-0.25, -0.2) is 0 Å². The summed E-state index contributed by atoms with van der Waals surface area (Å²) in [4.78, 5) is 28.7. The molecule has 1 aliphatic heterocycles. The van der Waals surface area contributed by atoms with E-state index >= 15 is 0 Å². The number of nitrogens with two attached hydrogens (primary N) is 1. The summed E-state index contributed by atoms with van der Waals surface area (Å²) in [6, 6.07) is 1.60. The van der Waals surface area contributed by atoms with Crippen LogP contribution in [0, 0.1) is 5.92 Å². The largest absolute Gasteiger partial charge is 0.356 e. The summed E-state index contributed by atoms with van der Waals surface area (Å²) in [5.74, 6) is -0.310. The third-order valence-corrected chi connectivity index (χ3v) is 3.62. The molecule has 2 heterocycles. The van der Waals surface area contributed by atoms with Gasteiger partial charge in [0.25, 0.3) is 5.91 Å². The Bertz CT molecular complexity index is 492. The monoisotopic (exact) mass is 334 g/mol. The molecule has 0 spiro atoms. The molecule has 1 unspecified atom stereocenters. The van der Waals surface area contributed by atoms with Crippen molar-refractivity contribution in [1.29, 1.82) is 0 Å². The van der Waals surface area contributed by atoms with E-state index in [2.05, 4.69) is 10.3 Å². The number of halogens is 2. The second kappa shape index (κ2) is 8.26. The average molecular weight is 335 g/mol. The number of carbonyl (C=O) groups excluding carboxylic acids is 2. The molecule has 0 aliphatic carbocycles. The molecule has 6 nitrogen and oxygen atoms in total. The van der Waals surface area contributed by atoms with Crippen molar-refractivity contribution in [3.63, 3.8) is 0 Å². The number of nitrogens with zero attached hydrogens (tertiary/aromatic N) is 1. The first-order chi connectivity index (χ1) is 9.61. The van der Waals surface area contributed by atoms with Gasteiger partial charge in [0.2, 0.25) is 5.91 Å². The SMILES string of the molecule is Cl.NCCNC(=O)C1CCCN(C(=O)c2cc(Cl)c[nH]2)C1. The van der Waals surface area contributed by atoms with Gasteiger partial charge in [0.15, 0.2) is 0 Å². The van der Waals surface area contributed by atoms with E-state index < -0.39 is 0 Å². The van der Waals surface area contributed by atoms with Crippen LogP contribution in [0.3, 0.4) is 0 Å². The fourth-order valence-corrected chi connectivity index (χ4v) is 2.54. The molecule has 21 heavy (non-hydrogen) atoms. The molecular formula is C13H20Cl2N4O2. The predicted octanol–water partition coefficient (Wildman–Crippen LogP) is 1.02. The number of nitrogens with one attached hydrogen (secondary N) is 2. The molecule has 118 valence electrons. The zero-order valence-corrected chi connectivity index (χ0v) is 13.2. The molecule has 2 amide bonds. The number of hydrogen-bond donors (Lipinski definition) is 3. The van der Waals surface area contributed by atoms with Crippen LogP contribution in [0.5, 0.6) is 0 Å². The van der Waals surface area contributed by atoms with E-state index in [4.69, 9.17) is 17.3 Å². The lowest BCUT2D eigenvalue weighted by atomic mass is 9.97. The van der Waals surface area contributed by atoms with E-state index in [1.54, 1.807) is 17.2 Å². The van der Waals surface area contributed by atoms with E-state index in [0.717, 1.165) is 12.8 Å². The van der Waals surface area contributed by atoms with Crippen LogP contribution < -0.4 is 11.1 Å². The number of rotatable bonds is 4. The smallest absolute Gasteiger partial charge is 0.270 e. The first-order valence-corrected chi connectivity index (χ1v) is 7.10. The highest BCUT2D eigenvalue weighted by atomic mass is 35.5. The van der Waals surface area contributed by atoms with Gasteiger partial charge in [-0.1, -0.05) is 11.6 Å². The zero-order valence-electron chi connectivity index (χ0n) is 11.6. The van der Waals surface area contributed by atoms with Crippen LogP contribution in [0.2, 0.25) is 5.02 Å². The highest BCUT2D eigenvalue weighted by molar-refractivity contribution is 6.30. The van der Waals surface area contributed by atoms with Crippen molar-refractivity contribution in [3.05, 3.63) is 23.0 Å². The quantitative estimate of drug-likeness (QED) is 0.767. The van der Waals surface area contributed by atoms with Crippen molar-refractivity contribution >= 4 is 35.8 Å². The lowest BCUT2D eigenvalue weighted by molar-refractivity contribution is -0.126. The van der Waals surface area contributed by atoms with E-state index in [9.17, 15) is 9.59 Å². The molecular weight excluding hydrogens is 315 g/mol. The van der Waals surface area contributed by atoms with Gasteiger partial charge in [0, 0.05) is 32.4 Å². The number of likely N-dealkylation sites (tertiary alicyclic amines) is 1. The molecule has 1 aliphatic rings. The summed E-state index contributed by atoms with van der Waals surface area (Å²) in [7, 11) is 0. The molecule has 2 rings (SSSR count). The molecule has 4 N–H and O–H groups in total. The molecule has 1 fully saturated rings. The maximum absolute atomic E-state index is 12.3. The first-order valence-electron chi connectivity index (χ1n) is 6.72. The van der Waals surface area contributed by atoms with Crippen LogP contribution in [0.15, 0.2) is 12.3 Å². The molecule has 1 saturated heterocycles. The first kappa shape index (κ1) is 17.8. The van der Waals surface area contributed by atoms with E-state index in [-0.39, 0.29) is 30.1 Å². The van der Waals surface area contributed by atoms with E-state index in [1.165, 1.54) is 0 Å². The Balaban J connectivity index is 0.00000220. The van der Waals surface area contributed by atoms with Crippen LogP contribution in [-0.2, 0) is 4.79 Å². The third kappa shape index (κ3) is 4.62. The van der Waals surface area contributed by atoms with Crippen molar-refractivity contribution in [2.45, 2.75) is 12.8 Å². The van der Waals surface area contributed by atoms with Gasteiger partial charge in [-0.2, -0.15) is 0 Å². The number of H-pyrrole nitrogens is 1. The molecule has 1 aromatic rings. The minimum atomic E-state index is -0.162. The highest BCUT2D eigenvalue weighted by Crippen LogP contribution is 2.19. The number of amides is 2. The maximum atomic E-state index is 12.3. The third-order valence-electron chi connectivity index (χ3n) is 3.40. The van der Waals surface area contributed by atoms with Crippen LogP contribution in [0.1, 0.15) is 23.3 Å². The Morgan fingerprint density at radius 3 is 2.90 bits per heavy atom. The highest BCUT2D eigenvalue weighted by Gasteiger charge is 2.29. The summed E-state index contributed by atoms with van der Waals surface area (Å²) in [6.45, 7) is 1.99. The Hall–Kier alpha value is -1.24. The summed E-state index contributed by atoms with van der Waals surface area (Å²) < 4.78 is 0.